The van der Waals surface area contributed by atoms with Crippen molar-refractivity contribution in [3.05, 3.63) is 35.9 Å². The maximum Gasteiger partial charge on any atom is 0.327 e. The zero-order valence-corrected chi connectivity index (χ0v) is 17.8. The lowest BCUT2D eigenvalue weighted by Gasteiger charge is -2.25. The minimum Gasteiger partial charge on any atom is -0.480 e. The normalized spacial score (nSPS) is 13.3. The van der Waals surface area contributed by atoms with E-state index in [0.29, 0.717) is 0 Å². The summed E-state index contributed by atoms with van der Waals surface area (Å²) < 4.78 is 9.69. The first-order valence-electron chi connectivity index (χ1n) is 9.86. The number of rotatable bonds is 12. The van der Waals surface area contributed by atoms with Crippen LogP contribution < -0.4 is 10.6 Å². The lowest BCUT2D eigenvalue weighted by molar-refractivity contribution is -0.160. The van der Waals surface area contributed by atoms with E-state index in [1.165, 1.54) is 13.8 Å². The summed E-state index contributed by atoms with van der Waals surface area (Å²) in [6.07, 6.45) is -0.492. The molecule has 0 aliphatic carbocycles. The van der Waals surface area contributed by atoms with Crippen molar-refractivity contribution in [3.8, 4) is 0 Å². The van der Waals surface area contributed by atoms with Crippen molar-refractivity contribution in [3.63, 3.8) is 0 Å². The maximum atomic E-state index is 12.8. The number of carbonyl (C=O) groups excluding carboxylic acids is 4. The molecule has 0 saturated heterocycles. The topological polar surface area (TPSA) is 148 Å². The van der Waals surface area contributed by atoms with Gasteiger partial charge in [0, 0.05) is 13.3 Å². The summed E-state index contributed by atoms with van der Waals surface area (Å²) in [4.78, 5) is 60.5. The first-order valence-corrected chi connectivity index (χ1v) is 9.86. The molecule has 3 atom stereocenters. The Morgan fingerprint density at radius 1 is 0.968 bits per heavy atom. The van der Waals surface area contributed by atoms with Gasteiger partial charge in [-0.2, -0.15) is 0 Å². The van der Waals surface area contributed by atoms with Gasteiger partial charge >= 0.3 is 17.9 Å². The molecule has 0 saturated carbocycles. The molecule has 0 aliphatic rings. The van der Waals surface area contributed by atoms with Gasteiger partial charge in [0.15, 0.2) is 0 Å². The number of carboxylic acid groups (broad SMARTS) is 1. The average molecular weight is 436 g/mol. The molecule has 0 aliphatic heterocycles. The molecule has 3 N–H and O–H groups in total. The van der Waals surface area contributed by atoms with Crippen molar-refractivity contribution < 1.29 is 38.6 Å². The van der Waals surface area contributed by atoms with E-state index < -0.39 is 54.1 Å². The monoisotopic (exact) mass is 436 g/mol. The van der Waals surface area contributed by atoms with Gasteiger partial charge in [-0.1, -0.05) is 30.3 Å². The predicted octanol–water partition coefficient (Wildman–Crippen LogP) is 0.436. The Morgan fingerprint density at radius 3 is 2.10 bits per heavy atom. The molecule has 2 amide bonds. The van der Waals surface area contributed by atoms with E-state index in [-0.39, 0.29) is 19.6 Å². The van der Waals surface area contributed by atoms with Crippen LogP contribution in [0.25, 0.3) is 0 Å². The van der Waals surface area contributed by atoms with Gasteiger partial charge in [0.25, 0.3) is 0 Å². The summed E-state index contributed by atoms with van der Waals surface area (Å²) in [6, 6.07) is 5.95. The number of ether oxygens (including phenoxy) is 2. The fourth-order valence-corrected chi connectivity index (χ4v) is 2.88. The molecule has 1 rings (SSSR count). The van der Waals surface area contributed by atoms with Gasteiger partial charge < -0.3 is 25.2 Å². The summed E-state index contributed by atoms with van der Waals surface area (Å²) in [5, 5.41) is 14.4. The van der Waals surface area contributed by atoms with E-state index in [1.54, 1.807) is 37.3 Å². The number of esters is 2. The van der Waals surface area contributed by atoms with Crippen LogP contribution in [0.4, 0.5) is 0 Å². The number of hydrogen-bond acceptors (Lipinski definition) is 7. The Hall–Kier alpha value is -3.43. The summed E-state index contributed by atoms with van der Waals surface area (Å²) in [6.45, 7) is 4.32. The quantitative estimate of drug-likeness (QED) is 0.400. The summed E-state index contributed by atoms with van der Waals surface area (Å²) in [7, 11) is 0. The summed E-state index contributed by atoms with van der Waals surface area (Å²) >= 11 is 0. The third-order valence-electron chi connectivity index (χ3n) is 4.22. The van der Waals surface area contributed by atoms with E-state index in [2.05, 4.69) is 10.6 Å². The van der Waals surface area contributed by atoms with Gasteiger partial charge in [0.1, 0.15) is 12.1 Å². The van der Waals surface area contributed by atoms with Gasteiger partial charge in [-0.3, -0.25) is 19.2 Å². The van der Waals surface area contributed by atoms with Gasteiger partial charge in [-0.15, -0.1) is 0 Å². The third kappa shape index (κ3) is 8.85. The molecule has 0 fully saturated rings. The first kappa shape index (κ1) is 25.6. The van der Waals surface area contributed by atoms with Crippen LogP contribution in [0.2, 0.25) is 0 Å². The zero-order valence-electron chi connectivity index (χ0n) is 17.8. The van der Waals surface area contributed by atoms with Crippen LogP contribution in [-0.2, 0) is 39.9 Å². The molecule has 1 aromatic carbocycles. The highest BCUT2D eigenvalue weighted by molar-refractivity contribution is 5.93. The highest BCUT2D eigenvalue weighted by atomic mass is 16.5. The van der Waals surface area contributed by atoms with Crippen LogP contribution in [0.15, 0.2) is 30.3 Å². The molecule has 10 heteroatoms. The molecule has 0 bridgehead atoms. The molecule has 0 heterocycles. The SMILES string of the molecule is CCOC(=O)C[C@@H](C(=O)OCC)[C@H](NC(=O)[C@@H](Cc1ccccc1)NC(C)=O)C(=O)O. The van der Waals surface area contributed by atoms with Gasteiger partial charge in [0.05, 0.1) is 25.6 Å². The van der Waals surface area contributed by atoms with Crippen LogP contribution in [0.3, 0.4) is 0 Å². The second-order valence-corrected chi connectivity index (χ2v) is 6.64. The van der Waals surface area contributed by atoms with Crippen molar-refractivity contribution in [2.24, 2.45) is 5.92 Å². The number of aliphatic carboxylic acids is 1. The molecule has 0 radical (unpaired) electrons. The van der Waals surface area contributed by atoms with Crippen molar-refractivity contribution in [2.75, 3.05) is 13.2 Å². The van der Waals surface area contributed by atoms with Crippen LogP contribution in [0, 0.1) is 5.92 Å². The van der Waals surface area contributed by atoms with Crippen molar-refractivity contribution in [1.82, 2.24) is 10.6 Å². The average Bonchev–Trinajstić information content (AvgIpc) is 2.70. The Bertz CT molecular complexity index is 781. The molecule has 0 aromatic heterocycles. The van der Waals surface area contributed by atoms with Crippen LogP contribution in [0.1, 0.15) is 32.8 Å². The largest absolute Gasteiger partial charge is 0.480 e. The number of benzene rings is 1. The summed E-state index contributed by atoms with van der Waals surface area (Å²) in [5.41, 5.74) is 0.733. The van der Waals surface area contributed by atoms with Crippen molar-refractivity contribution in [1.29, 1.82) is 0 Å². The van der Waals surface area contributed by atoms with E-state index >= 15 is 0 Å². The van der Waals surface area contributed by atoms with Crippen molar-refractivity contribution >= 4 is 29.7 Å². The standard InChI is InChI=1S/C21H28N2O8/c1-4-30-17(25)12-15(21(29)31-5-2)18(20(27)28)23-19(26)16(22-13(3)24)11-14-9-7-6-8-10-14/h6-10,15-16,18H,4-5,11-12H2,1-3H3,(H,22,24)(H,23,26)(H,27,28)/t15-,16-,18+/m1/s1. The smallest absolute Gasteiger partial charge is 0.327 e. The van der Waals surface area contributed by atoms with Crippen LogP contribution in [-0.4, -0.2) is 60.1 Å². The Morgan fingerprint density at radius 2 is 1.58 bits per heavy atom. The number of nitrogens with one attached hydrogen (secondary N) is 2. The Labute approximate surface area is 180 Å². The van der Waals surface area contributed by atoms with Crippen LogP contribution in [0.5, 0.6) is 0 Å². The van der Waals surface area contributed by atoms with E-state index in [0.717, 1.165) is 5.56 Å². The third-order valence-corrected chi connectivity index (χ3v) is 4.22. The molecule has 0 spiro atoms. The summed E-state index contributed by atoms with van der Waals surface area (Å²) in [5.74, 6) is -6.10. The minimum atomic E-state index is -1.76. The molecule has 170 valence electrons. The molecule has 10 nitrogen and oxygen atoms in total. The van der Waals surface area contributed by atoms with Gasteiger partial charge in [0.2, 0.25) is 11.8 Å². The molecule has 31 heavy (non-hydrogen) atoms. The molecule has 0 unspecified atom stereocenters. The van der Waals surface area contributed by atoms with Gasteiger partial charge in [-0.05, 0) is 19.4 Å². The number of amides is 2. The first-order chi connectivity index (χ1) is 14.7. The molecule has 1 aromatic rings. The molecular weight excluding hydrogens is 408 g/mol. The second kappa shape index (κ2) is 13.0. The van der Waals surface area contributed by atoms with Crippen LogP contribution >= 0.6 is 0 Å². The lowest BCUT2D eigenvalue weighted by atomic mass is 9.95. The van der Waals surface area contributed by atoms with E-state index in [4.69, 9.17) is 9.47 Å². The second-order valence-electron chi connectivity index (χ2n) is 6.64. The lowest BCUT2D eigenvalue weighted by Crippen LogP contribution is -2.55. The highest BCUT2D eigenvalue weighted by Crippen LogP contribution is 2.15. The van der Waals surface area contributed by atoms with E-state index in [9.17, 15) is 29.1 Å². The number of carboxylic acids is 1. The van der Waals surface area contributed by atoms with E-state index in [1.807, 2.05) is 0 Å². The fourth-order valence-electron chi connectivity index (χ4n) is 2.88. The number of carbonyl (C=O) groups is 5. The molecular formula is C21H28N2O8. The Kier molecular flexibility index (Phi) is 10.7. The fraction of sp³-hybridized carbons (Fsp3) is 0.476. The number of hydrogen-bond donors (Lipinski definition) is 3. The minimum absolute atomic E-state index is 0.0407. The zero-order chi connectivity index (χ0) is 23.4. The highest BCUT2D eigenvalue weighted by Gasteiger charge is 2.39. The maximum absolute atomic E-state index is 12.8. The van der Waals surface area contributed by atoms with Gasteiger partial charge in [-0.25, -0.2) is 4.79 Å². The predicted molar refractivity (Wildman–Crippen MR) is 109 cm³/mol. The Balaban J connectivity index is 3.11. The van der Waals surface area contributed by atoms with Crippen molar-refractivity contribution in [2.45, 2.75) is 45.7 Å².